The molecule has 182 valence electrons. The largest absolute Gasteiger partial charge is 0.394 e. The molecule has 2 aromatic carbocycles. The molecule has 2 aromatic heterocycles. The van der Waals surface area contributed by atoms with Gasteiger partial charge in [0.25, 0.3) is 5.91 Å². The second kappa shape index (κ2) is 9.19. The van der Waals surface area contributed by atoms with Crippen LogP contribution in [0.25, 0.3) is 22.2 Å². The molecule has 11 heteroatoms. The van der Waals surface area contributed by atoms with E-state index in [1.54, 1.807) is 12.1 Å². The lowest BCUT2D eigenvalue weighted by atomic mass is 9.95. The topological polar surface area (TPSA) is 137 Å². The number of rotatable bonds is 5. The Morgan fingerprint density at radius 1 is 1.17 bits per heavy atom. The zero-order valence-electron chi connectivity index (χ0n) is 18.7. The molecule has 0 bridgehead atoms. The van der Waals surface area contributed by atoms with Gasteiger partial charge in [-0.3, -0.25) is 4.79 Å². The van der Waals surface area contributed by atoms with E-state index >= 15 is 0 Å². The van der Waals surface area contributed by atoms with Crippen molar-refractivity contribution >= 4 is 16.8 Å². The summed E-state index contributed by atoms with van der Waals surface area (Å²) in [6.07, 6.45) is -3.63. The quantitative estimate of drug-likeness (QED) is 0.337. The van der Waals surface area contributed by atoms with E-state index in [0.29, 0.717) is 17.0 Å². The predicted octanol–water partition coefficient (Wildman–Crippen LogP) is 1.32. The van der Waals surface area contributed by atoms with E-state index < -0.39 is 48.9 Å². The Hall–Kier alpha value is -3.64. The predicted molar refractivity (Wildman–Crippen MR) is 123 cm³/mol. The first kappa shape index (κ1) is 23.1. The fourth-order valence-corrected chi connectivity index (χ4v) is 4.41. The lowest BCUT2D eigenvalue weighted by Gasteiger charge is -2.44. The number of aromatic amines is 1. The molecular formula is C24H24FN5O5. The second-order valence-electron chi connectivity index (χ2n) is 8.50. The van der Waals surface area contributed by atoms with Crippen LogP contribution in [0.2, 0.25) is 0 Å². The molecule has 5 rings (SSSR count). The smallest absolute Gasteiger partial charge is 0.272 e. The van der Waals surface area contributed by atoms with Crippen molar-refractivity contribution in [2.75, 3.05) is 13.7 Å². The lowest BCUT2D eigenvalue weighted by molar-refractivity contribution is -0.235. The third-order valence-corrected chi connectivity index (χ3v) is 6.27. The number of carbonyl (C=O) groups is 1. The molecule has 3 heterocycles. The highest BCUT2D eigenvalue weighted by atomic mass is 19.1. The Kier molecular flexibility index (Phi) is 6.07. The number of aromatic nitrogens is 4. The number of benzene rings is 2. The van der Waals surface area contributed by atoms with E-state index in [9.17, 15) is 24.5 Å². The van der Waals surface area contributed by atoms with Gasteiger partial charge in [0.1, 0.15) is 41.6 Å². The molecule has 1 saturated heterocycles. The number of aliphatic hydroxyl groups excluding tert-OH is 3. The number of fused-ring (bicyclic) bond motifs is 1. The number of nitrogens with one attached hydrogen (secondary N) is 1. The first-order valence-electron chi connectivity index (χ1n) is 11.0. The van der Waals surface area contributed by atoms with Crippen molar-refractivity contribution < 1.29 is 29.2 Å². The monoisotopic (exact) mass is 481 g/mol. The highest BCUT2D eigenvalue weighted by Crippen LogP contribution is 2.32. The van der Waals surface area contributed by atoms with Gasteiger partial charge in [0, 0.05) is 23.5 Å². The van der Waals surface area contributed by atoms with E-state index in [2.05, 4.69) is 15.3 Å². The van der Waals surface area contributed by atoms with Crippen LogP contribution in [0.1, 0.15) is 16.5 Å². The molecule has 0 saturated carbocycles. The molecule has 0 radical (unpaired) electrons. The van der Waals surface area contributed by atoms with Crippen LogP contribution in [0, 0.1) is 5.82 Å². The van der Waals surface area contributed by atoms with Crippen LogP contribution in [-0.2, 0) is 4.74 Å². The number of amides is 1. The molecule has 2 unspecified atom stereocenters. The van der Waals surface area contributed by atoms with Gasteiger partial charge < -0.3 is 29.9 Å². The number of aliphatic hydroxyl groups is 3. The summed E-state index contributed by atoms with van der Waals surface area (Å²) in [5.41, 5.74) is 1.87. The van der Waals surface area contributed by atoms with Gasteiger partial charge in [-0.15, -0.1) is 5.10 Å². The van der Waals surface area contributed by atoms with Crippen molar-refractivity contribution in [1.29, 1.82) is 0 Å². The third-order valence-electron chi connectivity index (χ3n) is 6.27. The van der Waals surface area contributed by atoms with Crippen LogP contribution >= 0.6 is 0 Å². The Bertz CT molecular complexity index is 1320. The molecule has 35 heavy (non-hydrogen) atoms. The van der Waals surface area contributed by atoms with E-state index in [1.807, 2.05) is 24.3 Å². The van der Waals surface area contributed by atoms with Gasteiger partial charge in [-0.05, 0) is 24.3 Å². The van der Waals surface area contributed by atoms with Crippen LogP contribution in [0.5, 0.6) is 0 Å². The SMILES string of the molecule is CN(C(=O)c1cc2ccccc2[nH]1)[C@@H]1OC(CO)[C@H](O)[C@H](n2cc(-c3cccc(F)c3)nn2)C1O. The number of nitrogens with zero attached hydrogens (tertiary/aromatic N) is 4. The van der Waals surface area contributed by atoms with Crippen molar-refractivity contribution in [2.45, 2.75) is 30.6 Å². The van der Waals surface area contributed by atoms with Gasteiger partial charge in [0.2, 0.25) is 0 Å². The minimum atomic E-state index is -1.42. The zero-order chi connectivity index (χ0) is 24.7. The summed E-state index contributed by atoms with van der Waals surface area (Å²) in [4.78, 5) is 17.5. The van der Waals surface area contributed by atoms with Crippen molar-refractivity contribution in [1.82, 2.24) is 24.9 Å². The standard InChI is InChI=1S/C24H24FN5O5/c1-29(23(34)17-10-14-5-2-3-8-16(14)26-17)24-22(33)20(21(32)19(12-31)35-24)30-11-18(27-28-30)13-6-4-7-15(25)9-13/h2-11,19-22,24,26,31-33H,12H2,1H3/t19?,20-,21-,22?,24+/m0/s1. The summed E-state index contributed by atoms with van der Waals surface area (Å²) in [7, 11) is 1.46. The van der Waals surface area contributed by atoms with Crippen molar-refractivity contribution in [3.8, 4) is 11.3 Å². The summed E-state index contributed by atoms with van der Waals surface area (Å²) in [6, 6.07) is 13.8. The molecule has 1 aliphatic rings. The van der Waals surface area contributed by atoms with Crippen LogP contribution in [0.15, 0.2) is 60.8 Å². The summed E-state index contributed by atoms with van der Waals surface area (Å²) in [6.45, 7) is -0.555. The molecule has 0 aliphatic carbocycles. The van der Waals surface area contributed by atoms with Gasteiger partial charge in [-0.1, -0.05) is 35.5 Å². The minimum absolute atomic E-state index is 0.293. The van der Waals surface area contributed by atoms with Crippen LogP contribution < -0.4 is 0 Å². The molecule has 1 amide bonds. The third kappa shape index (κ3) is 4.19. The molecule has 10 nitrogen and oxygen atoms in total. The van der Waals surface area contributed by atoms with Crippen LogP contribution in [-0.4, -0.2) is 84.3 Å². The van der Waals surface area contributed by atoms with E-state index in [0.717, 1.165) is 10.9 Å². The Morgan fingerprint density at radius 3 is 2.71 bits per heavy atom. The number of halogens is 1. The van der Waals surface area contributed by atoms with Gasteiger partial charge in [0.05, 0.1) is 12.8 Å². The summed E-state index contributed by atoms with van der Waals surface area (Å²) in [5, 5.41) is 40.7. The molecule has 4 aromatic rings. The number of hydrogen-bond donors (Lipinski definition) is 4. The highest BCUT2D eigenvalue weighted by Gasteiger charge is 2.48. The van der Waals surface area contributed by atoms with E-state index in [1.165, 1.54) is 41.0 Å². The minimum Gasteiger partial charge on any atom is -0.394 e. The van der Waals surface area contributed by atoms with Crippen molar-refractivity contribution in [2.24, 2.45) is 0 Å². The number of ether oxygens (including phenoxy) is 1. The van der Waals surface area contributed by atoms with Crippen molar-refractivity contribution in [3.05, 3.63) is 72.3 Å². The van der Waals surface area contributed by atoms with Gasteiger partial charge >= 0.3 is 0 Å². The molecule has 1 fully saturated rings. The molecular weight excluding hydrogens is 457 g/mol. The maximum Gasteiger partial charge on any atom is 0.272 e. The Morgan fingerprint density at radius 2 is 1.97 bits per heavy atom. The maximum atomic E-state index is 13.6. The van der Waals surface area contributed by atoms with E-state index in [-0.39, 0.29) is 0 Å². The molecule has 4 N–H and O–H groups in total. The normalized spacial score (nSPS) is 24.5. The van der Waals surface area contributed by atoms with Gasteiger partial charge in [0.15, 0.2) is 6.23 Å². The summed E-state index contributed by atoms with van der Waals surface area (Å²) >= 11 is 0. The molecule has 1 aliphatic heterocycles. The number of carbonyl (C=O) groups excluding carboxylic acids is 1. The average molecular weight is 481 g/mol. The zero-order valence-corrected chi connectivity index (χ0v) is 18.7. The molecule has 5 atom stereocenters. The number of H-pyrrole nitrogens is 1. The first-order chi connectivity index (χ1) is 16.9. The average Bonchev–Trinajstić information content (AvgIpc) is 3.51. The first-order valence-corrected chi connectivity index (χ1v) is 11.0. The highest BCUT2D eigenvalue weighted by molar-refractivity contribution is 5.98. The second-order valence-corrected chi connectivity index (χ2v) is 8.50. The lowest BCUT2D eigenvalue weighted by Crippen LogP contribution is -2.61. The van der Waals surface area contributed by atoms with Crippen molar-refractivity contribution in [3.63, 3.8) is 0 Å². The number of hydrogen-bond acceptors (Lipinski definition) is 7. The maximum absolute atomic E-state index is 13.6. The summed E-state index contributed by atoms with van der Waals surface area (Å²) in [5.74, 6) is -0.892. The Balaban J connectivity index is 1.44. The Labute approximate surface area is 199 Å². The van der Waals surface area contributed by atoms with Crippen LogP contribution in [0.3, 0.4) is 0 Å². The number of para-hydroxylation sites is 1. The van der Waals surface area contributed by atoms with Gasteiger partial charge in [-0.2, -0.15) is 0 Å². The molecule has 0 spiro atoms. The van der Waals surface area contributed by atoms with Crippen LogP contribution in [0.4, 0.5) is 4.39 Å². The number of likely N-dealkylation sites (N-methyl/N-ethyl adjacent to an activating group) is 1. The fourth-order valence-electron chi connectivity index (χ4n) is 4.41. The fraction of sp³-hybridized carbons (Fsp3) is 0.292. The van der Waals surface area contributed by atoms with E-state index in [4.69, 9.17) is 4.74 Å². The summed E-state index contributed by atoms with van der Waals surface area (Å²) < 4.78 is 20.6. The van der Waals surface area contributed by atoms with Gasteiger partial charge in [-0.25, -0.2) is 9.07 Å².